The molecule has 2 fully saturated rings. The van der Waals surface area contributed by atoms with Gasteiger partial charge >= 0.3 is 0 Å². The van der Waals surface area contributed by atoms with Crippen molar-refractivity contribution in [3.8, 4) is 22.5 Å². The molecule has 2 saturated heterocycles. The van der Waals surface area contributed by atoms with Crippen molar-refractivity contribution in [2.45, 2.75) is 13.0 Å². The van der Waals surface area contributed by atoms with Crippen LogP contribution in [0.5, 0.6) is 0 Å². The van der Waals surface area contributed by atoms with E-state index in [1.165, 1.54) is 32.6 Å². The van der Waals surface area contributed by atoms with Gasteiger partial charge in [-0.15, -0.1) is 0 Å². The predicted octanol–water partition coefficient (Wildman–Crippen LogP) is 3.90. The van der Waals surface area contributed by atoms with E-state index >= 15 is 0 Å². The fourth-order valence-electron chi connectivity index (χ4n) is 5.01. The molecule has 29 heavy (non-hydrogen) atoms. The Morgan fingerprint density at radius 2 is 1.72 bits per heavy atom. The largest absolute Gasteiger partial charge is 0.329 e. The molecule has 1 aromatic carbocycles. The zero-order chi connectivity index (χ0) is 19.8. The molecule has 6 heteroatoms. The average Bonchev–Trinajstić information content (AvgIpc) is 3.32. The van der Waals surface area contributed by atoms with Gasteiger partial charge in [-0.25, -0.2) is 4.98 Å². The fraction of sp³-hybridized carbons (Fsp3) is 0.391. The number of halogens is 1. The van der Waals surface area contributed by atoms with Crippen LogP contribution in [0.2, 0.25) is 5.02 Å². The number of rotatable bonds is 5. The van der Waals surface area contributed by atoms with Gasteiger partial charge in [0.15, 0.2) is 0 Å². The van der Waals surface area contributed by atoms with Crippen LogP contribution in [0.1, 0.15) is 6.42 Å². The van der Waals surface area contributed by atoms with Crippen molar-refractivity contribution in [1.82, 2.24) is 24.3 Å². The van der Waals surface area contributed by atoms with Gasteiger partial charge in [-0.1, -0.05) is 23.7 Å². The molecule has 0 saturated carbocycles. The third-order valence-corrected chi connectivity index (χ3v) is 6.55. The van der Waals surface area contributed by atoms with Gasteiger partial charge in [0.1, 0.15) is 0 Å². The highest BCUT2D eigenvalue weighted by atomic mass is 35.5. The molecule has 3 aromatic rings. The minimum Gasteiger partial charge on any atom is -0.329 e. The summed E-state index contributed by atoms with van der Waals surface area (Å²) in [6, 6.07) is 12.0. The molecule has 0 N–H and O–H groups in total. The lowest BCUT2D eigenvalue weighted by Crippen LogP contribution is -2.55. The SMILES string of the molecule is CN1CC2(CCN(CCn3cnc(-c4ccc(Cl)cc4)c3-c3ccncc3)C2)C1. The first-order valence-corrected chi connectivity index (χ1v) is 10.6. The summed E-state index contributed by atoms with van der Waals surface area (Å²) in [4.78, 5) is 14.0. The van der Waals surface area contributed by atoms with Crippen LogP contribution in [0.4, 0.5) is 0 Å². The summed E-state index contributed by atoms with van der Waals surface area (Å²) in [5, 5.41) is 0.739. The molecule has 150 valence electrons. The maximum atomic E-state index is 6.09. The lowest BCUT2D eigenvalue weighted by Gasteiger charge is -2.46. The summed E-state index contributed by atoms with van der Waals surface area (Å²) < 4.78 is 2.29. The Hall–Kier alpha value is -2.21. The molecule has 2 aliphatic rings. The first kappa shape index (κ1) is 18.8. The van der Waals surface area contributed by atoms with Gasteiger partial charge in [0.05, 0.1) is 17.7 Å². The molecular weight excluding hydrogens is 382 g/mol. The summed E-state index contributed by atoms with van der Waals surface area (Å²) in [7, 11) is 2.22. The average molecular weight is 408 g/mol. The fourth-order valence-corrected chi connectivity index (χ4v) is 5.13. The van der Waals surface area contributed by atoms with Crippen molar-refractivity contribution in [3.05, 3.63) is 60.1 Å². The van der Waals surface area contributed by atoms with Crippen molar-refractivity contribution in [2.75, 3.05) is 39.8 Å². The zero-order valence-electron chi connectivity index (χ0n) is 16.8. The van der Waals surface area contributed by atoms with E-state index in [2.05, 4.69) is 38.5 Å². The molecule has 4 heterocycles. The van der Waals surface area contributed by atoms with Gasteiger partial charge in [0, 0.05) is 66.7 Å². The summed E-state index contributed by atoms with van der Waals surface area (Å²) >= 11 is 6.09. The number of pyridine rings is 1. The minimum atomic E-state index is 0.548. The highest BCUT2D eigenvalue weighted by molar-refractivity contribution is 6.30. The summed E-state index contributed by atoms with van der Waals surface area (Å²) in [6.07, 6.45) is 6.99. The molecule has 0 unspecified atom stereocenters. The molecule has 1 spiro atoms. The first-order valence-electron chi connectivity index (χ1n) is 10.2. The Labute approximate surface area is 176 Å². The second kappa shape index (κ2) is 7.56. The Morgan fingerprint density at radius 1 is 0.966 bits per heavy atom. The summed E-state index contributed by atoms with van der Waals surface area (Å²) in [6.45, 7) is 6.91. The smallest absolute Gasteiger partial charge is 0.0963 e. The lowest BCUT2D eigenvalue weighted by atomic mass is 9.79. The van der Waals surface area contributed by atoms with Gasteiger partial charge in [0.25, 0.3) is 0 Å². The van der Waals surface area contributed by atoms with E-state index in [1.54, 1.807) is 0 Å². The lowest BCUT2D eigenvalue weighted by molar-refractivity contribution is 0.0305. The van der Waals surface area contributed by atoms with Gasteiger partial charge < -0.3 is 14.4 Å². The number of aromatic nitrogens is 3. The topological polar surface area (TPSA) is 37.2 Å². The van der Waals surface area contributed by atoms with Gasteiger partial charge in [-0.2, -0.15) is 0 Å². The van der Waals surface area contributed by atoms with Crippen molar-refractivity contribution >= 4 is 11.6 Å². The van der Waals surface area contributed by atoms with Crippen LogP contribution in [0.15, 0.2) is 55.1 Å². The summed E-state index contributed by atoms with van der Waals surface area (Å²) in [5.74, 6) is 0. The van der Waals surface area contributed by atoms with Crippen LogP contribution in [-0.4, -0.2) is 64.1 Å². The second-order valence-electron chi connectivity index (χ2n) is 8.58. The molecule has 2 aromatic heterocycles. The van der Waals surface area contributed by atoms with Crippen LogP contribution in [0.25, 0.3) is 22.5 Å². The Kier molecular flexibility index (Phi) is 4.90. The Morgan fingerprint density at radius 3 is 2.45 bits per heavy atom. The molecule has 5 rings (SSSR count). The van der Waals surface area contributed by atoms with E-state index in [9.17, 15) is 0 Å². The normalized spacial score (nSPS) is 19.0. The summed E-state index contributed by atoms with van der Waals surface area (Å²) in [5.41, 5.74) is 4.91. The van der Waals surface area contributed by atoms with E-state index in [-0.39, 0.29) is 0 Å². The number of hydrogen-bond acceptors (Lipinski definition) is 4. The van der Waals surface area contributed by atoms with Crippen molar-refractivity contribution in [2.24, 2.45) is 5.41 Å². The minimum absolute atomic E-state index is 0.548. The van der Waals surface area contributed by atoms with E-state index in [0.717, 1.165) is 40.6 Å². The van der Waals surface area contributed by atoms with Crippen molar-refractivity contribution in [1.29, 1.82) is 0 Å². The number of imidazole rings is 1. The molecular formula is C23H26ClN5. The molecule has 0 bridgehead atoms. The zero-order valence-corrected chi connectivity index (χ0v) is 17.5. The monoisotopic (exact) mass is 407 g/mol. The Balaban J connectivity index is 1.39. The molecule has 5 nitrogen and oxygen atoms in total. The molecule has 0 radical (unpaired) electrons. The number of hydrogen-bond donors (Lipinski definition) is 0. The number of nitrogens with zero attached hydrogens (tertiary/aromatic N) is 5. The van der Waals surface area contributed by atoms with Crippen LogP contribution in [-0.2, 0) is 6.54 Å². The van der Waals surface area contributed by atoms with Gasteiger partial charge in [-0.3, -0.25) is 4.98 Å². The van der Waals surface area contributed by atoms with E-state index in [4.69, 9.17) is 16.6 Å². The van der Waals surface area contributed by atoms with E-state index < -0.39 is 0 Å². The van der Waals surface area contributed by atoms with E-state index in [1.807, 2.05) is 43.0 Å². The van der Waals surface area contributed by atoms with Gasteiger partial charge in [-0.05, 0) is 44.3 Å². The second-order valence-corrected chi connectivity index (χ2v) is 9.01. The number of likely N-dealkylation sites (tertiary alicyclic amines) is 2. The molecule has 2 aliphatic heterocycles. The maximum Gasteiger partial charge on any atom is 0.0963 e. The number of benzene rings is 1. The Bertz CT molecular complexity index is 976. The standard InChI is InChI=1S/C23H26ClN5/c1-27-14-23(15-27)8-11-28(16-23)12-13-29-17-26-21(18-2-4-20(24)5-3-18)22(29)19-6-9-25-10-7-19/h2-7,9-10,17H,8,11-16H2,1H3. The highest BCUT2D eigenvalue weighted by Crippen LogP contribution is 2.38. The van der Waals surface area contributed by atoms with Crippen molar-refractivity contribution in [3.63, 3.8) is 0 Å². The molecule has 0 atom stereocenters. The van der Waals surface area contributed by atoms with E-state index in [0.29, 0.717) is 5.41 Å². The van der Waals surface area contributed by atoms with Crippen LogP contribution < -0.4 is 0 Å². The first-order chi connectivity index (χ1) is 14.1. The molecule has 0 amide bonds. The third-order valence-electron chi connectivity index (χ3n) is 6.29. The predicted molar refractivity (Wildman–Crippen MR) is 117 cm³/mol. The maximum absolute atomic E-state index is 6.09. The van der Waals surface area contributed by atoms with Crippen LogP contribution in [0, 0.1) is 5.41 Å². The third kappa shape index (κ3) is 3.70. The highest BCUT2D eigenvalue weighted by Gasteiger charge is 2.45. The van der Waals surface area contributed by atoms with Crippen molar-refractivity contribution < 1.29 is 0 Å². The quantitative estimate of drug-likeness (QED) is 0.642. The van der Waals surface area contributed by atoms with Crippen LogP contribution >= 0.6 is 11.6 Å². The molecule has 0 aliphatic carbocycles. The van der Waals surface area contributed by atoms with Gasteiger partial charge in [0.2, 0.25) is 0 Å². The van der Waals surface area contributed by atoms with Crippen LogP contribution in [0.3, 0.4) is 0 Å².